The number of furan rings is 3. The molecule has 0 aliphatic rings. The van der Waals surface area contributed by atoms with Gasteiger partial charge in [-0.2, -0.15) is 0 Å². The van der Waals surface area contributed by atoms with Crippen molar-refractivity contribution < 1.29 is 13.3 Å². The molecule has 0 radical (unpaired) electrons. The van der Waals surface area contributed by atoms with Crippen LogP contribution in [-0.4, -0.2) is 44.9 Å². The van der Waals surface area contributed by atoms with Crippen molar-refractivity contribution in [3.63, 3.8) is 0 Å². The monoisotopic (exact) mass is 1880 g/mol. The Morgan fingerprint density at radius 2 is 0.388 bits per heavy atom. The fraction of sp³-hybridized carbons (Fsp3) is 0. The second-order valence-electron chi connectivity index (χ2n) is 37.3. The Morgan fingerprint density at radius 1 is 0.122 bits per heavy atom. The first-order valence-electron chi connectivity index (χ1n) is 49.3. The molecule has 0 fully saturated rings. The maximum Gasteiger partial charge on any atom is 0.165 e. The standard InChI is InChI=1S/3C45H27N3O/c1-2-12-31(13-3-1)43-46-44(32-21-18-29(19-22-32)34-23-20-28-10-4-5-14-33(28)26-34)48-45(47-43)38-27-35-15-7-9-17-37(35)42-41(38)40-36-16-8-6-11-30(36)24-25-39(40)49-42;1-2-11-30(12-3-1)43-46-44(31-21-18-29(19-22-31)35-23-20-28-10-4-5-13-32(28)24-35)48-45(47-43)39-26-36-16-8-9-17-37(36)42-41(39)38-25-33-14-6-7-15-34(33)27-40(38)49-42;1-2-11-30(12-3-1)43-46-44(31-21-18-29(19-22-31)35-23-20-28-10-4-5-13-32(28)24-35)48-45(47-43)42-37-17-9-8-16-36(37)27-40-41(42)38-25-33-14-6-7-15-34(33)26-39(38)49-40/h3*1-27H. The minimum absolute atomic E-state index is 0.605. The number of fused-ring (bicyclic) bond motifs is 21. The number of nitrogens with zero attached hydrogens (tertiary/aromatic N) is 9. The lowest BCUT2D eigenvalue weighted by Crippen LogP contribution is -2.01. The average molecular weight is 1880 g/mol. The van der Waals surface area contributed by atoms with Gasteiger partial charge in [0.2, 0.25) is 0 Å². The lowest BCUT2D eigenvalue weighted by Gasteiger charge is -2.12. The highest BCUT2D eigenvalue weighted by atomic mass is 16.3. The van der Waals surface area contributed by atoms with Gasteiger partial charge >= 0.3 is 0 Å². The molecular formula is C135H81N9O3. The van der Waals surface area contributed by atoms with E-state index in [1.165, 1.54) is 49.0 Å². The largest absolute Gasteiger partial charge is 0.456 e. The van der Waals surface area contributed by atoms with Gasteiger partial charge in [0, 0.05) is 93.2 Å². The van der Waals surface area contributed by atoms with Crippen LogP contribution in [0.25, 0.3) is 299 Å². The molecule has 0 saturated carbocycles. The van der Waals surface area contributed by atoms with E-state index < -0.39 is 0 Å². The predicted molar refractivity (Wildman–Crippen MR) is 604 cm³/mol. The molecule has 0 aliphatic heterocycles. The lowest BCUT2D eigenvalue weighted by molar-refractivity contribution is 0.670. The lowest BCUT2D eigenvalue weighted by atomic mass is 9.97. The summed E-state index contributed by atoms with van der Waals surface area (Å²) in [6.45, 7) is 0. The van der Waals surface area contributed by atoms with Crippen LogP contribution in [-0.2, 0) is 0 Å². The summed E-state index contributed by atoms with van der Waals surface area (Å²) in [7, 11) is 0. The molecule has 0 aliphatic carbocycles. The zero-order chi connectivity index (χ0) is 96.9. The molecule has 0 bridgehead atoms. The van der Waals surface area contributed by atoms with Crippen LogP contribution >= 0.6 is 0 Å². The first-order chi connectivity index (χ1) is 72.8. The van der Waals surface area contributed by atoms with Crippen molar-refractivity contribution in [2.75, 3.05) is 0 Å². The Hall–Kier alpha value is -20.0. The first kappa shape index (κ1) is 85.1. The summed E-state index contributed by atoms with van der Waals surface area (Å²) < 4.78 is 19.9. The maximum absolute atomic E-state index is 6.68. The van der Waals surface area contributed by atoms with Crippen LogP contribution in [0.15, 0.2) is 505 Å². The summed E-state index contributed by atoms with van der Waals surface area (Å²) in [4.78, 5) is 46.2. The number of aromatic nitrogens is 9. The van der Waals surface area contributed by atoms with E-state index in [0.717, 1.165) is 197 Å². The molecule has 30 rings (SSSR count). The summed E-state index contributed by atoms with van der Waals surface area (Å²) in [6.07, 6.45) is 0. The van der Waals surface area contributed by atoms with E-state index in [2.05, 4.69) is 400 Å². The van der Waals surface area contributed by atoms with Crippen LogP contribution in [0.1, 0.15) is 0 Å². The van der Waals surface area contributed by atoms with Crippen LogP contribution in [0.4, 0.5) is 0 Å². The fourth-order valence-corrected chi connectivity index (χ4v) is 21.1. The molecular weight excluding hydrogens is 1800 g/mol. The van der Waals surface area contributed by atoms with Crippen molar-refractivity contribution in [2.24, 2.45) is 0 Å². The molecule has 147 heavy (non-hydrogen) atoms. The fourth-order valence-electron chi connectivity index (χ4n) is 21.1. The quantitative estimate of drug-likeness (QED) is 0.114. The van der Waals surface area contributed by atoms with Gasteiger partial charge in [-0.3, -0.25) is 0 Å². The molecule has 6 aromatic heterocycles. The molecule has 0 amide bonds. The van der Waals surface area contributed by atoms with Gasteiger partial charge < -0.3 is 13.3 Å². The number of hydrogen-bond acceptors (Lipinski definition) is 12. The van der Waals surface area contributed by atoms with Crippen LogP contribution in [0.2, 0.25) is 0 Å². The van der Waals surface area contributed by atoms with Gasteiger partial charge in [0.15, 0.2) is 52.4 Å². The molecule has 6 heterocycles. The Balaban J connectivity index is 0.000000107. The summed E-state index contributed by atoms with van der Waals surface area (Å²) >= 11 is 0. The minimum Gasteiger partial charge on any atom is -0.456 e. The summed E-state index contributed by atoms with van der Waals surface area (Å²) in [5.41, 5.74) is 20.3. The van der Waals surface area contributed by atoms with E-state index in [4.69, 9.17) is 58.1 Å². The van der Waals surface area contributed by atoms with Gasteiger partial charge in [0.1, 0.15) is 33.5 Å². The third-order valence-corrected chi connectivity index (χ3v) is 28.4. The van der Waals surface area contributed by atoms with Gasteiger partial charge in [-0.25, -0.2) is 44.9 Å². The molecule has 684 valence electrons. The second kappa shape index (κ2) is 35.7. The SMILES string of the molecule is c1ccc(-c2nc(-c3ccc(-c4ccc5ccccc5c4)cc3)nc(-c3c4ccccc4cc4oc5cc6ccccc6cc5c34)n2)cc1.c1ccc(-c2nc(-c3ccc(-c4ccc5ccccc5c4)cc3)nc(-c3cc4ccccc4c4oc5cc6ccccc6cc5c34)n2)cc1.c1ccc(-c2nc(-c3ccc(-c4ccc5ccccc5c4)cc3)nc(-c3cc4ccccc4c4oc5ccc6ccccc6c5c34)n2)cc1. The van der Waals surface area contributed by atoms with Gasteiger partial charge in [-0.15, -0.1) is 0 Å². The minimum atomic E-state index is 0.605. The second-order valence-corrected chi connectivity index (χ2v) is 37.3. The van der Waals surface area contributed by atoms with E-state index in [1.807, 2.05) is 91.0 Å². The highest BCUT2D eigenvalue weighted by molar-refractivity contribution is 6.28. The Bertz CT molecular complexity index is 10500. The normalized spacial score (nSPS) is 11.7. The van der Waals surface area contributed by atoms with Crippen molar-refractivity contribution in [3.05, 3.63) is 491 Å². The summed E-state index contributed by atoms with van der Waals surface area (Å²) in [6, 6.07) is 171. The molecule has 0 saturated heterocycles. The molecule has 30 aromatic rings. The summed E-state index contributed by atoms with van der Waals surface area (Å²) in [5.74, 6) is 5.55. The van der Waals surface area contributed by atoms with Gasteiger partial charge in [0.25, 0.3) is 0 Å². The van der Waals surface area contributed by atoms with Crippen molar-refractivity contribution in [1.82, 2.24) is 44.9 Å². The average Bonchev–Trinajstić information content (AvgIpc) is 1.28. The molecule has 0 N–H and O–H groups in total. The van der Waals surface area contributed by atoms with E-state index in [0.29, 0.717) is 52.4 Å². The third kappa shape index (κ3) is 15.6. The van der Waals surface area contributed by atoms with Crippen LogP contribution in [0, 0.1) is 0 Å². The van der Waals surface area contributed by atoms with E-state index in [1.54, 1.807) is 0 Å². The van der Waals surface area contributed by atoms with Crippen LogP contribution < -0.4 is 0 Å². The Labute approximate surface area is 842 Å². The molecule has 0 atom stereocenters. The van der Waals surface area contributed by atoms with Gasteiger partial charge in [-0.1, -0.05) is 425 Å². The Kier molecular flexibility index (Phi) is 20.6. The van der Waals surface area contributed by atoms with Crippen molar-refractivity contribution >= 4 is 163 Å². The molecule has 12 heteroatoms. The molecule has 0 unspecified atom stereocenters. The van der Waals surface area contributed by atoms with Crippen molar-refractivity contribution in [2.45, 2.75) is 0 Å². The zero-order valence-electron chi connectivity index (χ0n) is 79.0. The molecule has 0 spiro atoms. The zero-order valence-corrected chi connectivity index (χ0v) is 79.0. The van der Waals surface area contributed by atoms with Crippen LogP contribution in [0.5, 0.6) is 0 Å². The molecule has 24 aromatic carbocycles. The van der Waals surface area contributed by atoms with E-state index in [-0.39, 0.29) is 0 Å². The predicted octanol–water partition coefficient (Wildman–Crippen LogP) is 35.7. The van der Waals surface area contributed by atoms with E-state index in [9.17, 15) is 0 Å². The first-order valence-corrected chi connectivity index (χ1v) is 49.3. The van der Waals surface area contributed by atoms with Crippen molar-refractivity contribution in [3.8, 4) is 136 Å². The van der Waals surface area contributed by atoms with Gasteiger partial charge in [0.05, 0.1) is 0 Å². The number of hydrogen-bond donors (Lipinski definition) is 0. The smallest absolute Gasteiger partial charge is 0.165 e. The Morgan fingerprint density at radius 3 is 0.803 bits per heavy atom. The third-order valence-electron chi connectivity index (χ3n) is 28.4. The maximum atomic E-state index is 6.68. The topological polar surface area (TPSA) is 155 Å². The molecule has 12 nitrogen and oxygen atoms in total. The van der Waals surface area contributed by atoms with Crippen LogP contribution in [0.3, 0.4) is 0 Å². The number of benzene rings is 24. The van der Waals surface area contributed by atoms with Gasteiger partial charge in [-0.05, 0) is 186 Å². The highest BCUT2D eigenvalue weighted by Crippen LogP contribution is 2.49. The number of rotatable bonds is 12. The highest BCUT2D eigenvalue weighted by Gasteiger charge is 2.28. The van der Waals surface area contributed by atoms with Crippen molar-refractivity contribution in [1.29, 1.82) is 0 Å². The van der Waals surface area contributed by atoms with E-state index >= 15 is 0 Å². The summed E-state index contributed by atoms with van der Waals surface area (Å²) in [5, 5.41) is 26.8.